The maximum absolute atomic E-state index is 4.41. The maximum Gasteiger partial charge on any atom is 0.0659 e. The Morgan fingerprint density at radius 2 is 1.90 bits per heavy atom. The van der Waals surface area contributed by atoms with Gasteiger partial charge in [-0.05, 0) is 17.0 Å². The Bertz CT molecular complexity index is 629. The number of hydrogen-bond acceptors (Lipinski definition) is 3. The molecule has 3 nitrogen and oxygen atoms in total. The van der Waals surface area contributed by atoms with E-state index in [0.717, 1.165) is 19.6 Å². The molecule has 0 aliphatic heterocycles. The van der Waals surface area contributed by atoms with Gasteiger partial charge in [-0.25, -0.2) is 0 Å². The van der Waals surface area contributed by atoms with Crippen LogP contribution in [0.15, 0.2) is 60.2 Å². The van der Waals surface area contributed by atoms with Crippen LogP contribution in [0.5, 0.6) is 0 Å². The van der Waals surface area contributed by atoms with Crippen LogP contribution in [0.2, 0.25) is 0 Å². The summed E-state index contributed by atoms with van der Waals surface area (Å²) in [6.45, 7) is 2.60. The fraction of sp³-hybridized carbons (Fsp3) is 0.188. The molecule has 1 N–H and O–H groups in total. The molecule has 2 heterocycles. The van der Waals surface area contributed by atoms with E-state index in [1.54, 1.807) is 11.3 Å². The summed E-state index contributed by atoms with van der Waals surface area (Å²) in [5, 5.41) is 9.95. The van der Waals surface area contributed by atoms with Gasteiger partial charge in [0.25, 0.3) is 0 Å². The lowest BCUT2D eigenvalue weighted by molar-refractivity contribution is 0.679. The lowest BCUT2D eigenvalue weighted by atomic mass is 10.2. The lowest BCUT2D eigenvalue weighted by Gasteiger charge is -2.01. The summed E-state index contributed by atoms with van der Waals surface area (Å²) in [5.74, 6) is 0. The van der Waals surface area contributed by atoms with Crippen LogP contribution in [0.3, 0.4) is 0 Å². The number of nitrogens with one attached hydrogen (secondary N) is 1. The molecule has 3 aromatic rings. The molecule has 0 atom stereocenters. The summed E-state index contributed by atoms with van der Waals surface area (Å²) in [6, 6.07) is 14.6. The number of aromatic nitrogens is 2. The Kier molecular flexibility index (Phi) is 4.25. The molecule has 0 spiro atoms. The van der Waals surface area contributed by atoms with Gasteiger partial charge in [0.05, 0.1) is 12.7 Å². The second-order valence-corrected chi connectivity index (χ2v) is 5.75. The van der Waals surface area contributed by atoms with Gasteiger partial charge < -0.3 is 5.32 Å². The molecular formula is C16H17N3S. The molecule has 0 saturated heterocycles. The number of thiophene rings is 1. The van der Waals surface area contributed by atoms with Crippen molar-refractivity contribution in [2.45, 2.75) is 19.6 Å². The summed E-state index contributed by atoms with van der Waals surface area (Å²) in [7, 11) is 0. The fourth-order valence-electron chi connectivity index (χ4n) is 2.10. The second kappa shape index (κ2) is 6.50. The van der Waals surface area contributed by atoms with E-state index in [2.05, 4.69) is 58.4 Å². The normalized spacial score (nSPS) is 10.8. The molecule has 0 unspecified atom stereocenters. The van der Waals surface area contributed by atoms with E-state index < -0.39 is 0 Å². The van der Waals surface area contributed by atoms with E-state index in [1.807, 2.05) is 16.9 Å². The SMILES string of the molecule is c1ccc(Cn2cc(CNCc3cccs3)cn2)cc1. The average molecular weight is 283 g/mol. The second-order valence-electron chi connectivity index (χ2n) is 4.71. The van der Waals surface area contributed by atoms with E-state index in [4.69, 9.17) is 0 Å². The number of benzene rings is 1. The first-order valence-electron chi connectivity index (χ1n) is 6.68. The minimum absolute atomic E-state index is 0.825. The highest BCUT2D eigenvalue weighted by Gasteiger charge is 2.00. The zero-order chi connectivity index (χ0) is 13.6. The predicted molar refractivity (Wildman–Crippen MR) is 82.6 cm³/mol. The van der Waals surface area contributed by atoms with Crippen LogP contribution in [0.4, 0.5) is 0 Å². The van der Waals surface area contributed by atoms with Crippen molar-refractivity contribution in [2.75, 3.05) is 0 Å². The average Bonchev–Trinajstić information content (AvgIpc) is 3.12. The summed E-state index contributed by atoms with van der Waals surface area (Å²) in [6.07, 6.45) is 4.04. The number of hydrogen-bond donors (Lipinski definition) is 1. The third kappa shape index (κ3) is 3.56. The first kappa shape index (κ1) is 13.1. The van der Waals surface area contributed by atoms with Gasteiger partial charge in [-0.15, -0.1) is 11.3 Å². The van der Waals surface area contributed by atoms with Crippen molar-refractivity contribution in [3.05, 3.63) is 76.2 Å². The zero-order valence-corrected chi connectivity index (χ0v) is 12.0. The minimum Gasteiger partial charge on any atom is -0.308 e. The molecular weight excluding hydrogens is 266 g/mol. The van der Waals surface area contributed by atoms with E-state index >= 15 is 0 Å². The largest absolute Gasteiger partial charge is 0.308 e. The molecule has 1 aromatic carbocycles. The number of nitrogens with zero attached hydrogens (tertiary/aromatic N) is 2. The van der Waals surface area contributed by atoms with Crippen molar-refractivity contribution < 1.29 is 0 Å². The highest BCUT2D eigenvalue weighted by Crippen LogP contribution is 2.08. The van der Waals surface area contributed by atoms with E-state index in [-0.39, 0.29) is 0 Å². The van der Waals surface area contributed by atoms with Gasteiger partial charge >= 0.3 is 0 Å². The van der Waals surface area contributed by atoms with Crippen LogP contribution in [0.25, 0.3) is 0 Å². The van der Waals surface area contributed by atoms with Crippen molar-refractivity contribution in [3.8, 4) is 0 Å². The molecule has 0 aliphatic rings. The van der Waals surface area contributed by atoms with Crippen molar-refractivity contribution in [1.82, 2.24) is 15.1 Å². The number of rotatable bonds is 6. The molecule has 102 valence electrons. The van der Waals surface area contributed by atoms with Gasteiger partial charge in [-0.2, -0.15) is 5.10 Å². The summed E-state index contributed by atoms with van der Waals surface area (Å²) in [5.41, 5.74) is 2.49. The van der Waals surface area contributed by atoms with Gasteiger partial charge in [0.15, 0.2) is 0 Å². The molecule has 4 heteroatoms. The molecule has 0 saturated carbocycles. The van der Waals surface area contributed by atoms with Gasteiger partial charge in [-0.3, -0.25) is 4.68 Å². The molecule has 0 bridgehead atoms. The van der Waals surface area contributed by atoms with Crippen LogP contribution >= 0.6 is 11.3 Å². The van der Waals surface area contributed by atoms with Gasteiger partial charge in [-0.1, -0.05) is 36.4 Å². The molecule has 20 heavy (non-hydrogen) atoms. The fourth-order valence-corrected chi connectivity index (χ4v) is 2.77. The smallest absolute Gasteiger partial charge is 0.0659 e. The van der Waals surface area contributed by atoms with Crippen LogP contribution in [0, 0.1) is 0 Å². The Morgan fingerprint density at radius 1 is 1.00 bits per heavy atom. The molecule has 0 amide bonds. The molecule has 2 aromatic heterocycles. The van der Waals surface area contributed by atoms with Crippen LogP contribution in [0.1, 0.15) is 16.0 Å². The van der Waals surface area contributed by atoms with Crippen LogP contribution < -0.4 is 5.32 Å². The monoisotopic (exact) mass is 283 g/mol. The standard InChI is InChI=1S/C16H17N3S/c1-2-5-14(6-3-1)12-19-13-15(10-18-19)9-17-11-16-7-4-8-20-16/h1-8,10,13,17H,9,11-12H2. The molecule has 0 radical (unpaired) electrons. The van der Waals surface area contributed by atoms with Gasteiger partial charge in [0, 0.05) is 29.7 Å². The Labute approximate surface area is 122 Å². The minimum atomic E-state index is 0.825. The van der Waals surface area contributed by atoms with Crippen molar-refractivity contribution in [1.29, 1.82) is 0 Å². The maximum atomic E-state index is 4.41. The molecule has 3 rings (SSSR count). The Balaban J connectivity index is 1.52. The third-order valence-electron chi connectivity index (χ3n) is 3.08. The van der Waals surface area contributed by atoms with Gasteiger partial charge in [0.2, 0.25) is 0 Å². The van der Waals surface area contributed by atoms with Crippen molar-refractivity contribution >= 4 is 11.3 Å². The lowest BCUT2D eigenvalue weighted by Crippen LogP contribution is -2.11. The predicted octanol–water partition coefficient (Wildman–Crippen LogP) is 3.28. The van der Waals surface area contributed by atoms with Crippen LogP contribution in [-0.4, -0.2) is 9.78 Å². The van der Waals surface area contributed by atoms with Crippen molar-refractivity contribution in [3.63, 3.8) is 0 Å². The first-order valence-corrected chi connectivity index (χ1v) is 7.56. The highest BCUT2D eigenvalue weighted by molar-refractivity contribution is 7.09. The van der Waals surface area contributed by atoms with E-state index in [0.29, 0.717) is 0 Å². The Morgan fingerprint density at radius 3 is 2.70 bits per heavy atom. The quantitative estimate of drug-likeness (QED) is 0.752. The van der Waals surface area contributed by atoms with E-state index in [9.17, 15) is 0 Å². The summed E-state index contributed by atoms with van der Waals surface area (Å²) < 4.78 is 1.98. The van der Waals surface area contributed by atoms with Crippen molar-refractivity contribution in [2.24, 2.45) is 0 Å². The molecule has 0 fully saturated rings. The summed E-state index contributed by atoms with van der Waals surface area (Å²) in [4.78, 5) is 1.36. The molecule has 0 aliphatic carbocycles. The third-order valence-corrected chi connectivity index (χ3v) is 3.96. The van der Waals surface area contributed by atoms with Gasteiger partial charge in [0.1, 0.15) is 0 Å². The first-order chi connectivity index (χ1) is 9.90. The summed E-state index contributed by atoms with van der Waals surface area (Å²) >= 11 is 1.78. The topological polar surface area (TPSA) is 29.9 Å². The van der Waals surface area contributed by atoms with E-state index in [1.165, 1.54) is 16.0 Å². The zero-order valence-electron chi connectivity index (χ0n) is 11.2. The Hall–Kier alpha value is -1.91. The highest BCUT2D eigenvalue weighted by atomic mass is 32.1. The van der Waals surface area contributed by atoms with Crippen LogP contribution in [-0.2, 0) is 19.6 Å².